The first kappa shape index (κ1) is 19.3. The third-order valence-electron chi connectivity index (χ3n) is 3.53. The number of unbranched alkanes of at least 4 members (excludes halogenated alkanes) is 5. The van der Waals surface area contributed by atoms with Crippen molar-refractivity contribution in [3.63, 3.8) is 0 Å². The van der Waals surface area contributed by atoms with Gasteiger partial charge in [0.2, 0.25) is 0 Å². The maximum absolute atomic E-state index is 12.6. The van der Waals surface area contributed by atoms with Crippen LogP contribution >= 0.6 is 11.6 Å². The quantitative estimate of drug-likeness (QED) is 0.240. The molecule has 0 amide bonds. The van der Waals surface area contributed by atoms with Gasteiger partial charge >= 0.3 is 6.18 Å². The molecule has 0 saturated carbocycles. The normalized spacial score (nSPS) is 12.7. The standard InChI is InChI=1S/C17H24ClF3Si/c18-12-7-5-3-1-2-4-6-8-13-22-16-11-9-10-15(14-16)17(19,20)21/h6,8-11,14H,1-5,7,12-13,22H2. The Labute approximate surface area is 138 Å². The first-order valence-corrected chi connectivity index (χ1v) is 10.2. The SMILES string of the molecule is FC(F)(F)c1cccc([SiH2]CC=CCCCCCCCCl)c1. The van der Waals surface area contributed by atoms with Crippen LogP contribution in [-0.2, 0) is 6.18 Å². The van der Waals surface area contributed by atoms with Crippen molar-refractivity contribution in [3.8, 4) is 0 Å². The molecule has 22 heavy (non-hydrogen) atoms. The van der Waals surface area contributed by atoms with Gasteiger partial charge in [0.25, 0.3) is 0 Å². The number of hydrogen-bond acceptors (Lipinski definition) is 0. The van der Waals surface area contributed by atoms with Gasteiger partial charge in [0.1, 0.15) is 0 Å². The van der Waals surface area contributed by atoms with Gasteiger partial charge < -0.3 is 0 Å². The third-order valence-corrected chi connectivity index (χ3v) is 5.43. The van der Waals surface area contributed by atoms with Crippen LogP contribution in [0.2, 0.25) is 6.04 Å². The minimum absolute atomic E-state index is 0.529. The molecule has 1 aromatic carbocycles. The smallest absolute Gasteiger partial charge is 0.166 e. The highest BCUT2D eigenvalue weighted by Gasteiger charge is 2.30. The number of benzene rings is 1. The van der Waals surface area contributed by atoms with Gasteiger partial charge in [-0.3, -0.25) is 0 Å². The molecule has 0 spiro atoms. The van der Waals surface area contributed by atoms with Crippen LogP contribution in [0.4, 0.5) is 13.2 Å². The minimum atomic E-state index is -4.23. The lowest BCUT2D eigenvalue weighted by Gasteiger charge is -2.07. The molecule has 0 bridgehead atoms. The average molecular weight is 349 g/mol. The van der Waals surface area contributed by atoms with E-state index in [1.54, 1.807) is 0 Å². The van der Waals surface area contributed by atoms with Gasteiger partial charge in [-0.2, -0.15) is 13.2 Å². The van der Waals surface area contributed by atoms with E-state index in [0.717, 1.165) is 36.0 Å². The largest absolute Gasteiger partial charge is 0.416 e. The van der Waals surface area contributed by atoms with E-state index < -0.39 is 21.3 Å². The van der Waals surface area contributed by atoms with Crippen LogP contribution in [0.15, 0.2) is 36.4 Å². The van der Waals surface area contributed by atoms with Crippen molar-refractivity contribution < 1.29 is 13.2 Å². The average Bonchev–Trinajstić information content (AvgIpc) is 2.49. The number of allylic oxidation sites excluding steroid dienone is 2. The molecular formula is C17H24ClF3Si. The highest BCUT2D eigenvalue weighted by atomic mass is 35.5. The fourth-order valence-corrected chi connectivity index (χ4v) is 3.87. The van der Waals surface area contributed by atoms with E-state index in [0.29, 0.717) is 0 Å². The molecule has 0 atom stereocenters. The lowest BCUT2D eigenvalue weighted by Crippen LogP contribution is -2.16. The zero-order valence-electron chi connectivity index (χ0n) is 12.8. The zero-order valence-corrected chi connectivity index (χ0v) is 15.0. The van der Waals surface area contributed by atoms with Gasteiger partial charge in [0.15, 0.2) is 0 Å². The Bertz CT molecular complexity index is 444. The van der Waals surface area contributed by atoms with Crippen molar-refractivity contribution >= 4 is 26.3 Å². The molecule has 5 heteroatoms. The fourth-order valence-electron chi connectivity index (χ4n) is 2.28. The Hall–Kier alpha value is -0.743. The maximum Gasteiger partial charge on any atom is 0.416 e. The van der Waals surface area contributed by atoms with Crippen molar-refractivity contribution in [1.82, 2.24) is 0 Å². The topological polar surface area (TPSA) is 0 Å². The van der Waals surface area contributed by atoms with E-state index in [1.807, 2.05) is 6.07 Å². The highest BCUT2D eigenvalue weighted by Crippen LogP contribution is 2.28. The van der Waals surface area contributed by atoms with Crippen molar-refractivity contribution in [3.05, 3.63) is 42.0 Å². The van der Waals surface area contributed by atoms with E-state index in [-0.39, 0.29) is 0 Å². The molecule has 0 nitrogen and oxygen atoms in total. The summed E-state index contributed by atoms with van der Waals surface area (Å²) in [6.07, 6.45) is 7.08. The summed E-state index contributed by atoms with van der Waals surface area (Å²) in [6, 6.07) is 6.68. The van der Waals surface area contributed by atoms with Gasteiger partial charge in [-0.25, -0.2) is 0 Å². The van der Waals surface area contributed by atoms with E-state index >= 15 is 0 Å². The fraction of sp³-hybridized carbons (Fsp3) is 0.529. The number of halogens is 4. The van der Waals surface area contributed by atoms with Crippen LogP contribution in [0.1, 0.15) is 44.1 Å². The lowest BCUT2D eigenvalue weighted by molar-refractivity contribution is -0.137. The number of hydrogen-bond donors (Lipinski definition) is 0. The van der Waals surface area contributed by atoms with Crippen LogP contribution in [0, 0.1) is 0 Å². The van der Waals surface area contributed by atoms with Crippen LogP contribution in [0.25, 0.3) is 0 Å². The molecule has 0 N–H and O–H groups in total. The molecule has 1 aromatic rings. The maximum atomic E-state index is 12.6. The first-order chi connectivity index (χ1) is 10.5. The Morgan fingerprint density at radius 1 is 1.00 bits per heavy atom. The predicted octanol–water partition coefficient (Wildman–Crippen LogP) is 5.05. The molecule has 0 unspecified atom stereocenters. The summed E-state index contributed by atoms with van der Waals surface area (Å²) in [5.41, 5.74) is -0.529. The molecule has 0 saturated heterocycles. The van der Waals surface area contributed by atoms with E-state index in [4.69, 9.17) is 11.6 Å². The summed E-state index contributed by atoms with van der Waals surface area (Å²) in [5.74, 6) is 0.750. The summed E-state index contributed by atoms with van der Waals surface area (Å²) < 4.78 is 37.8. The van der Waals surface area contributed by atoms with Crippen LogP contribution in [-0.4, -0.2) is 15.4 Å². The van der Waals surface area contributed by atoms with Gasteiger partial charge in [-0.1, -0.05) is 60.9 Å². The summed E-state index contributed by atoms with van der Waals surface area (Å²) in [6.45, 7) is 0. The van der Waals surface area contributed by atoms with Gasteiger partial charge in [0, 0.05) is 5.88 Å². The monoisotopic (exact) mass is 348 g/mol. The van der Waals surface area contributed by atoms with E-state index in [9.17, 15) is 13.2 Å². The van der Waals surface area contributed by atoms with Crippen LogP contribution in [0.3, 0.4) is 0 Å². The molecule has 0 aliphatic heterocycles. The Balaban J connectivity index is 2.18. The molecule has 0 aliphatic carbocycles. The van der Waals surface area contributed by atoms with Crippen molar-refractivity contribution in [2.75, 3.05) is 5.88 Å². The van der Waals surface area contributed by atoms with Crippen molar-refractivity contribution in [2.45, 2.75) is 50.7 Å². The predicted molar refractivity (Wildman–Crippen MR) is 92.0 cm³/mol. The summed E-state index contributed by atoms with van der Waals surface area (Å²) in [4.78, 5) is 0. The molecular weight excluding hydrogens is 325 g/mol. The molecule has 124 valence electrons. The Kier molecular flexibility index (Phi) is 9.56. The third kappa shape index (κ3) is 8.64. The number of alkyl halides is 4. The second-order valence-corrected chi connectivity index (χ2v) is 7.73. The Morgan fingerprint density at radius 2 is 1.73 bits per heavy atom. The molecule has 0 radical (unpaired) electrons. The van der Waals surface area contributed by atoms with Gasteiger partial charge in [0.05, 0.1) is 15.1 Å². The van der Waals surface area contributed by atoms with E-state index in [1.165, 1.54) is 37.8 Å². The number of rotatable bonds is 10. The first-order valence-electron chi connectivity index (χ1n) is 7.91. The van der Waals surface area contributed by atoms with Crippen molar-refractivity contribution in [2.24, 2.45) is 0 Å². The molecule has 0 fully saturated rings. The van der Waals surface area contributed by atoms with Crippen LogP contribution in [0.5, 0.6) is 0 Å². The second-order valence-electron chi connectivity index (χ2n) is 5.45. The minimum Gasteiger partial charge on any atom is -0.166 e. The second kappa shape index (κ2) is 10.9. The molecule has 0 aromatic heterocycles. The Morgan fingerprint density at radius 3 is 2.45 bits per heavy atom. The zero-order chi connectivity index (χ0) is 16.3. The van der Waals surface area contributed by atoms with E-state index in [2.05, 4.69) is 12.2 Å². The van der Waals surface area contributed by atoms with Crippen molar-refractivity contribution in [1.29, 1.82) is 0 Å². The molecule has 0 heterocycles. The molecule has 1 rings (SSSR count). The summed E-state index contributed by atoms with van der Waals surface area (Å²) in [5, 5.41) is 0.876. The van der Waals surface area contributed by atoms with Gasteiger partial charge in [-0.15, -0.1) is 11.6 Å². The highest BCUT2D eigenvalue weighted by molar-refractivity contribution is 6.53. The summed E-state index contributed by atoms with van der Waals surface area (Å²) >= 11 is 5.61. The van der Waals surface area contributed by atoms with Crippen LogP contribution < -0.4 is 5.19 Å². The molecule has 0 aliphatic rings. The van der Waals surface area contributed by atoms with Gasteiger partial charge in [-0.05, 0) is 25.3 Å². The summed E-state index contributed by atoms with van der Waals surface area (Å²) in [7, 11) is -0.643. The lowest BCUT2D eigenvalue weighted by atomic mass is 10.1.